The van der Waals surface area contributed by atoms with E-state index in [4.69, 9.17) is 5.73 Å². The molecule has 9 heavy (non-hydrogen) atoms. The maximum absolute atomic E-state index is 5.51. The van der Waals surface area contributed by atoms with Crippen molar-refractivity contribution in [2.24, 2.45) is 11.1 Å². The van der Waals surface area contributed by atoms with Gasteiger partial charge in [0.15, 0.2) is 0 Å². The number of allylic oxidation sites excluding steroid dienone is 2. The number of hydrogen-bond acceptors (Lipinski definition) is 1. The molecule has 0 aliphatic rings. The van der Waals surface area contributed by atoms with Gasteiger partial charge in [-0.05, 0) is 25.3 Å². The fourth-order valence-electron chi connectivity index (χ4n) is 0.520. The highest BCUT2D eigenvalue weighted by Crippen LogP contribution is 2.17. The molecule has 0 heterocycles. The summed E-state index contributed by atoms with van der Waals surface area (Å²) in [5.41, 5.74) is 5.80. The van der Waals surface area contributed by atoms with Gasteiger partial charge in [0.2, 0.25) is 0 Å². The van der Waals surface area contributed by atoms with Gasteiger partial charge >= 0.3 is 0 Å². The van der Waals surface area contributed by atoms with Crippen molar-refractivity contribution in [2.45, 2.75) is 27.2 Å². The van der Waals surface area contributed by atoms with Crippen LogP contribution in [0.5, 0.6) is 0 Å². The summed E-state index contributed by atoms with van der Waals surface area (Å²) in [7, 11) is 0. The van der Waals surface area contributed by atoms with Crippen molar-refractivity contribution in [3.05, 3.63) is 12.2 Å². The molecule has 0 aliphatic heterocycles. The Morgan fingerprint density at radius 2 is 2.00 bits per heavy atom. The molecule has 54 valence electrons. The molecule has 0 bridgehead atoms. The molecule has 0 unspecified atom stereocenters. The molecule has 1 heteroatoms. The van der Waals surface area contributed by atoms with Crippen molar-refractivity contribution in [3.8, 4) is 0 Å². The van der Waals surface area contributed by atoms with Gasteiger partial charge in [-0.2, -0.15) is 0 Å². The van der Waals surface area contributed by atoms with Crippen molar-refractivity contribution in [1.82, 2.24) is 0 Å². The van der Waals surface area contributed by atoms with Gasteiger partial charge in [-0.3, -0.25) is 0 Å². The molecule has 0 saturated carbocycles. The van der Waals surface area contributed by atoms with E-state index in [-0.39, 0.29) is 5.41 Å². The third-order valence-corrected chi connectivity index (χ3v) is 1.46. The van der Waals surface area contributed by atoms with E-state index < -0.39 is 0 Å². The molecule has 2 N–H and O–H groups in total. The van der Waals surface area contributed by atoms with Crippen LogP contribution >= 0.6 is 0 Å². The van der Waals surface area contributed by atoms with Crippen molar-refractivity contribution < 1.29 is 0 Å². The first kappa shape index (κ1) is 8.70. The first-order valence-electron chi connectivity index (χ1n) is 3.43. The fraction of sp³-hybridized carbons (Fsp3) is 0.750. The Balaban J connectivity index is 3.58. The van der Waals surface area contributed by atoms with Gasteiger partial charge in [0.25, 0.3) is 0 Å². The molecule has 0 aliphatic carbocycles. The predicted octanol–water partition coefficient (Wildman–Crippen LogP) is 1.94. The van der Waals surface area contributed by atoms with Gasteiger partial charge in [0.05, 0.1) is 0 Å². The van der Waals surface area contributed by atoms with Crippen molar-refractivity contribution >= 4 is 0 Å². The van der Waals surface area contributed by atoms with Crippen LogP contribution in [0.15, 0.2) is 12.2 Å². The summed E-state index contributed by atoms with van der Waals surface area (Å²) in [6.07, 6.45) is 5.31. The Kier molecular flexibility index (Phi) is 3.55. The van der Waals surface area contributed by atoms with E-state index >= 15 is 0 Å². The zero-order chi connectivity index (χ0) is 7.33. The van der Waals surface area contributed by atoms with Gasteiger partial charge in [0.1, 0.15) is 0 Å². The normalized spacial score (nSPS) is 12.9. The van der Waals surface area contributed by atoms with Crippen molar-refractivity contribution in [1.29, 1.82) is 0 Å². The molecular weight excluding hydrogens is 110 g/mol. The zero-order valence-electron chi connectivity index (χ0n) is 6.65. The van der Waals surface area contributed by atoms with Crippen LogP contribution in [0.3, 0.4) is 0 Å². The second-order valence-corrected chi connectivity index (χ2v) is 3.14. The lowest BCUT2D eigenvalue weighted by molar-refractivity contribution is 0.385. The van der Waals surface area contributed by atoms with Crippen LogP contribution < -0.4 is 5.73 Å². The number of rotatable bonds is 3. The quantitative estimate of drug-likeness (QED) is 0.576. The van der Waals surface area contributed by atoms with E-state index in [0.29, 0.717) is 0 Å². The lowest BCUT2D eigenvalue weighted by Crippen LogP contribution is -2.22. The van der Waals surface area contributed by atoms with E-state index in [1.165, 1.54) is 0 Å². The van der Waals surface area contributed by atoms with Gasteiger partial charge in [-0.15, -0.1) is 0 Å². The van der Waals surface area contributed by atoms with Crippen LogP contribution in [0.1, 0.15) is 27.2 Å². The van der Waals surface area contributed by atoms with Crippen LogP contribution in [0.2, 0.25) is 0 Å². The number of hydrogen-bond donors (Lipinski definition) is 1. The molecule has 0 aromatic carbocycles. The Bertz CT molecular complexity index is 92.7. The summed E-state index contributed by atoms with van der Waals surface area (Å²) in [6, 6.07) is 0. The lowest BCUT2D eigenvalue weighted by Gasteiger charge is -2.19. The smallest absolute Gasteiger partial charge is 0.00229 e. The minimum absolute atomic E-state index is 0.284. The Hall–Kier alpha value is -0.300. The topological polar surface area (TPSA) is 26.0 Å². The summed E-state index contributed by atoms with van der Waals surface area (Å²) in [4.78, 5) is 0. The Morgan fingerprint density at radius 3 is 2.33 bits per heavy atom. The van der Waals surface area contributed by atoms with Crippen LogP contribution in [0.25, 0.3) is 0 Å². The maximum atomic E-state index is 5.51. The summed E-state index contributed by atoms with van der Waals surface area (Å²) < 4.78 is 0. The van der Waals surface area contributed by atoms with Gasteiger partial charge < -0.3 is 5.73 Å². The second kappa shape index (κ2) is 3.67. The highest BCUT2D eigenvalue weighted by molar-refractivity contribution is 4.84. The fourth-order valence-corrected chi connectivity index (χ4v) is 0.520. The lowest BCUT2D eigenvalue weighted by atomic mass is 9.90. The highest BCUT2D eigenvalue weighted by Gasteiger charge is 2.11. The van der Waals surface area contributed by atoms with Gasteiger partial charge in [-0.25, -0.2) is 0 Å². The maximum Gasteiger partial charge on any atom is -0.00229 e. The summed E-state index contributed by atoms with van der Waals surface area (Å²) in [6.45, 7) is 7.14. The molecule has 0 fully saturated rings. The molecular formula is C8H17N. The van der Waals surface area contributed by atoms with E-state index in [1.807, 2.05) is 6.92 Å². The molecule has 1 nitrogen and oxygen atoms in total. The third kappa shape index (κ3) is 4.22. The minimum atomic E-state index is 0.284. The zero-order valence-corrected chi connectivity index (χ0v) is 6.65. The molecule has 0 saturated heterocycles. The monoisotopic (exact) mass is 127 g/mol. The van der Waals surface area contributed by atoms with Gasteiger partial charge in [-0.1, -0.05) is 26.0 Å². The summed E-state index contributed by atoms with van der Waals surface area (Å²) in [5, 5.41) is 0. The van der Waals surface area contributed by atoms with Crippen LogP contribution in [0, 0.1) is 5.41 Å². The van der Waals surface area contributed by atoms with E-state index in [9.17, 15) is 0 Å². The van der Waals surface area contributed by atoms with Gasteiger partial charge in [0, 0.05) is 0 Å². The first-order chi connectivity index (χ1) is 4.12. The van der Waals surface area contributed by atoms with E-state index in [1.54, 1.807) is 0 Å². The Morgan fingerprint density at radius 1 is 1.44 bits per heavy atom. The Labute approximate surface area is 57.9 Å². The van der Waals surface area contributed by atoms with E-state index in [2.05, 4.69) is 26.0 Å². The average Bonchev–Trinajstić information content (AvgIpc) is 1.84. The van der Waals surface area contributed by atoms with E-state index in [0.717, 1.165) is 13.0 Å². The summed E-state index contributed by atoms with van der Waals surface area (Å²) >= 11 is 0. The third-order valence-electron chi connectivity index (χ3n) is 1.46. The molecule has 0 atom stereocenters. The minimum Gasteiger partial charge on any atom is -0.330 e. The van der Waals surface area contributed by atoms with Crippen LogP contribution in [0.4, 0.5) is 0 Å². The molecule has 0 amide bonds. The molecule has 0 aromatic heterocycles. The second-order valence-electron chi connectivity index (χ2n) is 3.14. The molecule has 0 rings (SSSR count). The molecule has 0 spiro atoms. The summed E-state index contributed by atoms with van der Waals surface area (Å²) in [5.74, 6) is 0. The molecule has 0 aromatic rings. The highest BCUT2D eigenvalue weighted by atomic mass is 14.6. The van der Waals surface area contributed by atoms with Crippen molar-refractivity contribution in [3.63, 3.8) is 0 Å². The van der Waals surface area contributed by atoms with Crippen molar-refractivity contribution in [2.75, 3.05) is 6.54 Å². The predicted molar refractivity (Wildman–Crippen MR) is 42.3 cm³/mol. The largest absolute Gasteiger partial charge is 0.330 e. The van der Waals surface area contributed by atoms with Crippen LogP contribution in [-0.4, -0.2) is 6.54 Å². The SMILES string of the molecule is C/C=C/CC(C)(C)CN. The van der Waals surface area contributed by atoms with Crippen LogP contribution in [-0.2, 0) is 0 Å². The molecule has 0 radical (unpaired) electrons. The number of nitrogens with two attached hydrogens (primary N) is 1. The standard InChI is InChI=1S/C8H17N/c1-4-5-6-8(2,3)7-9/h4-5H,6-7,9H2,1-3H3/b5-4+. The average molecular weight is 127 g/mol. The first-order valence-corrected chi connectivity index (χ1v) is 3.43.